The molecule has 0 spiro atoms. The molecule has 3 aromatic rings. The molecule has 1 fully saturated rings. The number of aryl methyl sites for hydroxylation is 1. The van der Waals surface area contributed by atoms with Crippen molar-refractivity contribution >= 4 is 23.1 Å². The van der Waals surface area contributed by atoms with E-state index in [1.807, 2.05) is 43.3 Å². The van der Waals surface area contributed by atoms with Gasteiger partial charge in [0.25, 0.3) is 0 Å². The number of rotatable bonds is 8. The van der Waals surface area contributed by atoms with E-state index in [0.29, 0.717) is 17.0 Å². The van der Waals surface area contributed by atoms with Crippen LogP contribution in [0.15, 0.2) is 66.9 Å². The first-order valence-electron chi connectivity index (χ1n) is 12.9. The van der Waals surface area contributed by atoms with Crippen molar-refractivity contribution < 1.29 is 20.1 Å². The lowest BCUT2D eigenvalue weighted by Gasteiger charge is -2.50. The van der Waals surface area contributed by atoms with Crippen LogP contribution >= 0.6 is 11.6 Å². The van der Waals surface area contributed by atoms with Gasteiger partial charge in [0, 0.05) is 46.5 Å². The Morgan fingerprint density at radius 1 is 1.13 bits per heavy atom. The standard InChI is InChI=1S/C31H35ClN2O4/c1-21-25(8-6-16-33-21)26(27-19-22(29(36)37)9-14-28(27)35)7-4-5-17-34-18-15-31(38,30(2,3)20-34)23-10-12-24(32)13-11-23/h6-14,16,19,35,38H,4-5,15,17-18,20H2,1-3H3,(H,36,37)/b26-7+. The second-order valence-corrected chi connectivity index (χ2v) is 11.1. The number of aliphatic hydroxyl groups is 1. The molecule has 0 radical (unpaired) electrons. The number of aromatic hydroxyl groups is 1. The fourth-order valence-electron chi connectivity index (χ4n) is 5.46. The van der Waals surface area contributed by atoms with Crippen LogP contribution in [0.5, 0.6) is 5.75 Å². The average Bonchev–Trinajstić information content (AvgIpc) is 2.87. The number of phenols is 1. The molecule has 3 N–H and O–H groups in total. The first-order valence-corrected chi connectivity index (χ1v) is 13.3. The molecule has 1 aliphatic rings. The highest BCUT2D eigenvalue weighted by Crippen LogP contribution is 2.46. The summed E-state index contributed by atoms with van der Waals surface area (Å²) in [5.74, 6) is -1.01. The number of carboxylic acid groups (broad SMARTS) is 1. The van der Waals surface area contributed by atoms with Gasteiger partial charge < -0.3 is 20.2 Å². The fraction of sp³-hybridized carbons (Fsp3) is 0.355. The summed E-state index contributed by atoms with van der Waals surface area (Å²) in [4.78, 5) is 18.4. The van der Waals surface area contributed by atoms with E-state index in [-0.39, 0.29) is 16.7 Å². The van der Waals surface area contributed by atoms with Crippen LogP contribution in [0.25, 0.3) is 5.57 Å². The third-order valence-electron chi connectivity index (χ3n) is 7.71. The molecule has 1 unspecified atom stereocenters. The Hall–Kier alpha value is -3.19. The van der Waals surface area contributed by atoms with Crippen molar-refractivity contribution in [2.75, 3.05) is 19.6 Å². The smallest absolute Gasteiger partial charge is 0.335 e. The number of hydrogen-bond acceptors (Lipinski definition) is 5. The minimum absolute atomic E-state index is 0.0313. The van der Waals surface area contributed by atoms with E-state index in [0.717, 1.165) is 54.9 Å². The van der Waals surface area contributed by atoms with Crippen LogP contribution in [0, 0.1) is 12.3 Å². The number of phenolic OH excluding ortho intramolecular Hbond substituents is 1. The molecule has 1 aromatic heterocycles. The minimum atomic E-state index is -1.04. The lowest BCUT2D eigenvalue weighted by atomic mass is 9.66. The van der Waals surface area contributed by atoms with Crippen molar-refractivity contribution in [2.45, 2.75) is 45.6 Å². The van der Waals surface area contributed by atoms with Crippen LogP contribution in [0.1, 0.15) is 65.9 Å². The number of carboxylic acids is 1. The zero-order chi connectivity index (χ0) is 27.5. The van der Waals surface area contributed by atoms with Gasteiger partial charge >= 0.3 is 5.97 Å². The number of unbranched alkanes of at least 4 members (excludes halogenated alkanes) is 1. The third kappa shape index (κ3) is 5.78. The molecule has 0 amide bonds. The number of carbonyl (C=O) groups is 1. The van der Waals surface area contributed by atoms with Crippen LogP contribution in [-0.4, -0.2) is 50.8 Å². The van der Waals surface area contributed by atoms with Crippen LogP contribution in [0.3, 0.4) is 0 Å². The molecule has 4 rings (SSSR count). The molecule has 200 valence electrons. The third-order valence-corrected chi connectivity index (χ3v) is 7.96. The van der Waals surface area contributed by atoms with E-state index >= 15 is 0 Å². The summed E-state index contributed by atoms with van der Waals surface area (Å²) in [6, 6.07) is 15.6. The molecule has 0 saturated carbocycles. The van der Waals surface area contributed by atoms with Gasteiger partial charge in [-0.3, -0.25) is 4.98 Å². The molecule has 38 heavy (non-hydrogen) atoms. The van der Waals surface area contributed by atoms with E-state index in [1.165, 1.54) is 18.2 Å². The van der Waals surface area contributed by atoms with Crippen LogP contribution < -0.4 is 0 Å². The summed E-state index contributed by atoms with van der Waals surface area (Å²) in [5, 5.41) is 32.4. The fourth-order valence-corrected chi connectivity index (χ4v) is 5.58. The van der Waals surface area contributed by atoms with E-state index < -0.39 is 11.6 Å². The number of likely N-dealkylation sites (tertiary alicyclic amines) is 1. The first kappa shape index (κ1) is 27.8. The Morgan fingerprint density at radius 2 is 1.87 bits per heavy atom. The molecule has 0 aliphatic carbocycles. The molecule has 2 heterocycles. The molecule has 6 nitrogen and oxygen atoms in total. The van der Waals surface area contributed by atoms with E-state index in [2.05, 4.69) is 29.8 Å². The van der Waals surface area contributed by atoms with Gasteiger partial charge in [0.2, 0.25) is 0 Å². The van der Waals surface area contributed by atoms with Crippen molar-refractivity contribution in [2.24, 2.45) is 5.41 Å². The summed E-state index contributed by atoms with van der Waals surface area (Å²) in [6.45, 7) is 8.51. The van der Waals surface area contributed by atoms with E-state index in [9.17, 15) is 20.1 Å². The quantitative estimate of drug-likeness (QED) is 0.294. The van der Waals surface area contributed by atoms with Gasteiger partial charge in [-0.1, -0.05) is 49.7 Å². The number of hydrogen-bond donors (Lipinski definition) is 3. The predicted octanol–water partition coefficient (Wildman–Crippen LogP) is 6.28. The minimum Gasteiger partial charge on any atom is -0.507 e. The maximum atomic E-state index is 11.6. The highest BCUT2D eigenvalue weighted by atomic mass is 35.5. The topological polar surface area (TPSA) is 93.9 Å². The van der Waals surface area contributed by atoms with Gasteiger partial charge in [-0.15, -0.1) is 0 Å². The number of piperidine rings is 1. The monoisotopic (exact) mass is 534 g/mol. The normalized spacial score (nSPS) is 19.9. The molecular weight excluding hydrogens is 500 g/mol. The van der Waals surface area contributed by atoms with Crippen molar-refractivity contribution in [1.82, 2.24) is 9.88 Å². The number of aromatic nitrogens is 1. The molecular formula is C31H35ClN2O4. The number of halogens is 1. The zero-order valence-corrected chi connectivity index (χ0v) is 22.9. The second-order valence-electron chi connectivity index (χ2n) is 10.7. The Balaban J connectivity index is 1.49. The van der Waals surface area contributed by atoms with Gasteiger partial charge in [0.05, 0.1) is 11.2 Å². The van der Waals surface area contributed by atoms with Gasteiger partial charge in [-0.2, -0.15) is 0 Å². The average molecular weight is 535 g/mol. The maximum absolute atomic E-state index is 11.6. The molecule has 1 aliphatic heterocycles. The van der Waals surface area contributed by atoms with E-state index in [4.69, 9.17) is 11.6 Å². The Labute approximate surface area is 229 Å². The molecule has 1 saturated heterocycles. The molecule has 2 aromatic carbocycles. The van der Waals surface area contributed by atoms with Gasteiger partial charge in [-0.25, -0.2) is 4.79 Å². The van der Waals surface area contributed by atoms with E-state index in [1.54, 1.807) is 6.20 Å². The predicted molar refractivity (Wildman–Crippen MR) is 151 cm³/mol. The summed E-state index contributed by atoms with van der Waals surface area (Å²) in [7, 11) is 0. The maximum Gasteiger partial charge on any atom is 0.335 e. The molecule has 0 bridgehead atoms. The van der Waals surface area contributed by atoms with Crippen molar-refractivity contribution in [1.29, 1.82) is 0 Å². The Bertz CT molecular complexity index is 1340. The summed E-state index contributed by atoms with van der Waals surface area (Å²) in [6.07, 6.45) is 6.01. The largest absolute Gasteiger partial charge is 0.507 e. The molecule has 7 heteroatoms. The number of pyridine rings is 1. The van der Waals surface area contributed by atoms with Crippen molar-refractivity contribution in [3.8, 4) is 5.75 Å². The first-order chi connectivity index (χ1) is 18.0. The lowest BCUT2D eigenvalue weighted by molar-refractivity contribution is -0.125. The summed E-state index contributed by atoms with van der Waals surface area (Å²) >= 11 is 6.06. The zero-order valence-electron chi connectivity index (χ0n) is 22.1. The summed E-state index contributed by atoms with van der Waals surface area (Å²) in [5.41, 5.74) is 2.65. The van der Waals surface area contributed by atoms with Gasteiger partial charge in [0.15, 0.2) is 0 Å². The van der Waals surface area contributed by atoms with Crippen LogP contribution in [0.2, 0.25) is 5.02 Å². The Kier molecular flexibility index (Phi) is 8.26. The van der Waals surface area contributed by atoms with Crippen LogP contribution in [0.4, 0.5) is 0 Å². The highest BCUT2D eigenvalue weighted by molar-refractivity contribution is 6.30. The number of aromatic carboxylic acids is 1. The summed E-state index contributed by atoms with van der Waals surface area (Å²) < 4.78 is 0. The van der Waals surface area contributed by atoms with Crippen molar-refractivity contribution in [3.63, 3.8) is 0 Å². The Morgan fingerprint density at radius 3 is 2.53 bits per heavy atom. The number of allylic oxidation sites excluding steroid dienone is 1. The van der Waals surface area contributed by atoms with Gasteiger partial charge in [-0.05, 0) is 80.3 Å². The van der Waals surface area contributed by atoms with Gasteiger partial charge in [0.1, 0.15) is 5.75 Å². The van der Waals surface area contributed by atoms with Crippen LogP contribution in [-0.2, 0) is 5.60 Å². The van der Waals surface area contributed by atoms with Crippen molar-refractivity contribution in [3.05, 3.63) is 99.8 Å². The number of benzene rings is 2. The highest BCUT2D eigenvalue weighted by Gasteiger charge is 2.48. The number of nitrogens with zero attached hydrogens (tertiary/aromatic N) is 2. The second kappa shape index (κ2) is 11.3. The lowest BCUT2D eigenvalue weighted by Crippen LogP contribution is -2.55. The SMILES string of the molecule is Cc1ncccc1/C(=C\CCCN1CCC(O)(c2ccc(Cl)cc2)C(C)(C)C1)c1cc(C(=O)O)ccc1O. The molecule has 1 atom stereocenters.